The third-order valence-corrected chi connectivity index (χ3v) is 3.45. The van der Waals surface area contributed by atoms with Crippen molar-refractivity contribution in [1.29, 1.82) is 0 Å². The second kappa shape index (κ2) is 6.92. The molecule has 0 heterocycles. The molecule has 10 heteroatoms. The van der Waals surface area contributed by atoms with Crippen LogP contribution < -0.4 is 10.6 Å². The molecule has 9 nitrogen and oxygen atoms in total. The Hall–Kier alpha value is -3.20. The van der Waals surface area contributed by atoms with Crippen LogP contribution in [0.3, 0.4) is 0 Å². The number of hydrogen-bond acceptors (Lipinski definition) is 6. The van der Waals surface area contributed by atoms with Gasteiger partial charge in [0.25, 0.3) is 17.3 Å². The van der Waals surface area contributed by atoms with Gasteiger partial charge in [0, 0.05) is 37.0 Å². The normalized spacial score (nSPS) is 10.1. The Balaban J connectivity index is 2.34. The molecule has 0 unspecified atom stereocenters. The molecule has 1 amide bonds. The Kier molecular flexibility index (Phi) is 4.95. The van der Waals surface area contributed by atoms with Gasteiger partial charge in [-0.2, -0.15) is 0 Å². The second-order valence-corrected chi connectivity index (χ2v) is 5.02. The average molecular weight is 351 g/mol. The minimum Gasteiger partial charge on any atom is -0.387 e. The predicted molar refractivity (Wildman–Crippen MR) is 88.7 cm³/mol. The van der Waals surface area contributed by atoms with E-state index < -0.39 is 15.8 Å². The van der Waals surface area contributed by atoms with Crippen molar-refractivity contribution in [3.63, 3.8) is 0 Å². The Bertz CT molecular complexity index is 840. The van der Waals surface area contributed by atoms with E-state index in [0.29, 0.717) is 5.69 Å². The quantitative estimate of drug-likeness (QED) is 0.627. The highest BCUT2D eigenvalue weighted by Gasteiger charge is 2.18. The number of nitrogens with zero attached hydrogens (tertiary/aromatic N) is 2. The summed E-state index contributed by atoms with van der Waals surface area (Å²) in [6.45, 7) is 0. The fourth-order valence-electron chi connectivity index (χ4n) is 1.96. The van der Waals surface area contributed by atoms with Gasteiger partial charge in [0.15, 0.2) is 0 Å². The number of nitrogens with one attached hydrogen (secondary N) is 2. The minimum absolute atomic E-state index is 0.0195. The topological polar surface area (TPSA) is 127 Å². The van der Waals surface area contributed by atoms with Gasteiger partial charge in [-0.1, -0.05) is 11.6 Å². The lowest BCUT2D eigenvalue weighted by atomic mass is 10.1. The summed E-state index contributed by atoms with van der Waals surface area (Å²) in [5.74, 6) is -0.640. The fraction of sp³-hybridized carbons (Fsp3) is 0.0714. The van der Waals surface area contributed by atoms with E-state index in [1.54, 1.807) is 7.05 Å². The van der Waals surface area contributed by atoms with Crippen molar-refractivity contribution in [3.8, 4) is 0 Å². The average Bonchev–Trinajstić information content (AvgIpc) is 2.55. The van der Waals surface area contributed by atoms with Crippen molar-refractivity contribution in [3.05, 3.63) is 67.2 Å². The molecule has 0 atom stereocenters. The molecule has 24 heavy (non-hydrogen) atoms. The third-order valence-electron chi connectivity index (χ3n) is 3.14. The monoisotopic (exact) mass is 350 g/mol. The zero-order chi connectivity index (χ0) is 17.9. The van der Waals surface area contributed by atoms with E-state index in [2.05, 4.69) is 10.6 Å². The highest BCUT2D eigenvalue weighted by Crippen LogP contribution is 2.28. The Labute approximate surface area is 140 Å². The molecule has 0 aliphatic rings. The first-order valence-electron chi connectivity index (χ1n) is 6.55. The highest BCUT2D eigenvalue weighted by atomic mass is 35.5. The van der Waals surface area contributed by atoms with Gasteiger partial charge in [-0.3, -0.25) is 25.0 Å². The lowest BCUT2D eigenvalue weighted by Crippen LogP contribution is -2.14. The van der Waals surface area contributed by atoms with Gasteiger partial charge in [-0.05, 0) is 12.1 Å². The highest BCUT2D eigenvalue weighted by molar-refractivity contribution is 6.34. The number of rotatable bonds is 5. The lowest BCUT2D eigenvalue weighted by molar-refractivity contribution is -0.385. The van der Waals surface area contributed by atoms with E-state index in [1.165, 1.54) is 24.3 Å². The van der Waals surface area contributed by atoms with Gasteiger partial charge < -0.3 is 10.6 Å². The first-order valence-corrected chi connectivity index (χ1v) is 6.92. The molecule has 2 rings (SSSR count). The number of carbonyl (C=O) groups excluding carboxylic acids is 1. The van der Waals surface area contributed by atoms with Crippen molar-refractivity contribution >= 4 is 40.3 Å². The smallest absolute Gasteiger partial charge is 0.271 e. The number of amides is 1. The summed E-state index contributed by atoms with van der Waals surface area (Å²) in [7, 11) is 1.57. The van der Waals surface area contributed by atoms with Crippen molar-refractivity contribution in [1.82, 2.24) is 0 Å². The van der Waals surface area contributed by atoms with Crippen LogP contribution in [0.25, 0.3) is 0 Å². The zero-order valence-corrected chi connectivity index (χ0v) is 13.0. The zero-order valence-electron chi connectivity index (χ0n) is 12.3. The second-order valence-electron chi connectivity index (χ2n) is 4.61. The number of hydrogen-bond donors (Lipinski definition) is 2. The van der Waals surface area contributed by atoms with Gasteiger partial charge in [0.05, 0.1) is 26.1 Å². The van der Waals surface area contributed by atoms with Gasteiger partial charge >= 0.3 is 0 Å². The van der Waals surface area contributed by atoms with Crippen LogP contribution in [-0.2, 0) is 0 Å². The number of halogens is 1. The maximum Gasteiger partial charge on any atom is 0.271 e. The van der Waals surface area contributed by atoms with Crippen LogP contribution in [0, 0.1) is 20.2 Å². The molecular formula is C14H11ClN4O5. The standard InChI is InChI=1S/C14H11ClN4O5/c1-16-12-4-2-8(18(21)22)6-10(12)14(20)17-13-5-3-9(19(23)24)7-11(13)15/h2-7,16H,1H3,(H,17,20). The minimum atomic E-state index is -0.640. The number of nitro benzene ring substituents is 2. The Morgan fingerprint density at radius 1 is 1.00 bits per heavy atom. The van der Waals surface area contributed by atoms with Crippen LogP contribution in [0.15, 0.2) is 36.4 Å². The molecule has 0 saturated carbocycles. The van der Waals surface area contributed by atoms with E-state index in [1.807, 2.05) is 0 Å². The van der Waals surface area contributed by atoms with Crippen molar-refractivity contribution in [2.75, 3.05) is 17.7 Å². The number of nitro groups is 2. The van der Waals surface area contributed by atoms with E-state index in [9.17, 15) is 25.0 Å². The summed E-state index contributed by atoms with van der Waals surface area (Å²) >= 11 is 5.92. The van der Waals surface area contributed by atoms with Crippen LogP contribution in [-0.4, -0.2) is 22.8 Å². The van der Waals surface area contributed by atoms with E-state index in [4.69, 9.17) is 11.6 Å². The maximum atomic E-state index is 12.4. The number of non-ortho nitro benzene ring substituents is 2. The largest absolute Gasteiger partial charge is 0.387 e. The van der Waals surface area contributed by atoms with Crippen molar-refractivity contribution < 1.29 is 14.6 Å². The fourth-order valence-corrected chi connectivity index (χ4v) is 2.18. The number of carbonyl (C=O) groups is 1. The predicted octanol–water partition coefficient (Wildman–Crippen LogP) is 3.45. The number of anilines is 2. The van der Waals surface area contributed by atoms with Crippen molar-refractivity contribution in [2.24, 2.45) is 0 Å². The molecule has 0 bridgehead atoms. The summed E-state index contributed by atoms with van der Waals surface area (Å²) in [6.07, 6.45) is 0. The first-order chi connectivity index (χ1) is 11.3. The Morgan fingerprint density at radius 2 is 1.54 bits per heavy atom. The van der Waals surface area contributed by atoms with Crippen molar-refractivity contribution in [2.45, 2.75) is 0 Å². The molecular weight excluding hydrogens is 340 g/mol. The molecule has 0 saturated heterocycles. The van der Waals surface area contributed by atoms with Crippen LogP contribution >= 0.6 is 11.6 Å². The van der Waals surface area contributed by atoms with Gasteiger partial charge in [-0.15, -0.1) is 0 Å². The summed E-state index contributed by atoms with van der Waals surface area (Å²) < 4.78 is 0. The Morgan fingerprint density at radius 3 is 2.04 bits per heavy atom. The van der Waals surface area contributed by atoms with E-state index in [0.717, 1.165) is 12.1 Å². The van der Waals surface area contributed by atoms with Crippen LogP contribution in [0.1, 0.15) is 10.4 Å². The first kappa shape index (κ1) is 17.2. The molecule has 0 aliphatic carbocycles. The van der Waals surface area contributed by atoms with Crippen LogP contribution in [0.2, 0.25) is 5.02 Å². The molecule has 0 spiro atoms. The van der Waals surface area contributed by atoms with Crippen LogP contribution in [0.4, 0.5) is 22.7 Å². The summed E-state index contributed by atoms with van der Waals surface area (Å²) in [5, 5.41) is 26.8. The molecule has 0 aromatic heterocycles. The maximum absolute atomic E-state index is 12.4. The molecule has 124 valence electrons. The van der Waals surface area contributed by atoms with Gasteiger partial charge in [-0.25, -0.2) is 0 Å². The molecule has 2 N–H and O–H groups in total. The third kappa shape index (κ3) is 3.58. The molecule has 2 aromatic rings. The molecule has 2 aromatic carbocycles. The van der Waals surface area contributed by atoms with E-state index >= 15 is 0 Å². The number of benzene rings is 2. The van der Waals surface area contributed by atoms with Gasteiger partial charge in [0.2, 0.25) is 0 Å². The summed E-state index contributed by atoms with van der Waals surface area (Å²) in [4.78, 5) is 32.7. The summed E-state index contributed by atoms with van der Waals surface area (Å²) in [6, 6.07) is 7.37. The SMILES string of the molecule is CNc1ccc([N+](=O)[O-])cc1C(=O)Nc1ccc([N+](=O)[O-])cc1Cl. The van der Waals surface area contributed by atoms with E-state index in [-0.39, 0.29) is 27.6 Å². The van der Waals surface area contributed by atoms with Gasteiger partial charge in [0.1, 0.15) is 0 Å². The molecule has 0 fully saturated rings. The van der Waals surface area contributed by atoms with Crippen LogP contribution in [0.5, 0.6) is 0 Å². The molecule has 0 radical (unpaired) electrons. The lowest BCUT2D eigenvalue weighted by Gasteiger charge is -2.10. The molecule has 0 aliphatic heterocycles. The summed E-state index contributed by atoms with van der Waals surface area (Å²) in [5.41, 5.74) is 0.122.